The summed E-state index contributed by atoms with van der Waals surface area (Å²) in [6.45, 7) is 18.9. The third kappa shape index (κ3) is 16.4. The molecule has 0 saturated heterocycles. The van der Waals surface area contributed by atoms with Gasteiger partial charge in [0.15, 0.2) is 0 Å². The van der Waals surface area contributed by atoms with Gasteiger partial charge in [-0.15, -0.1) is 0 Å². The van der Waals surface area contributed by atoms with E-state index in [4.69, 9.17) is 13.5 Å². The predicted molar refractivity (Wildman–Crippen MR) is 174 cm³/mol. The van der Waals surface area contributed by atoms with Gasteiger partial charge in [-0.1, -0.05) is 13.8 Å². The Kier molecular flexibility index (Phi) is 18.4. The molecule has 0 fully saturated rings. The largest absolute Gasteiger partial charge is 0.481 e. The molecule has 0 aromatic rings. The molecule has 43 heavy (non-hydrogen) atoms. The lowest BCUT2D eigenvalue weighted by Crippen LogP contribution is -2.63. The smallest absolute Gasteiger partial charge is 0.303 e. The molecule has 0 aliphatic rings. The van der Waals surface area contributed by atoms with Crippen LogP contribution in [-0.4, -0.2) is 99.0 Å². The standard InChI is InChI=1S/C30H57N3O8S2/c1-23(34)32(18-16-29(6,7)39)30(8,9)27(2,3)21-33(28(4,5)22-40-19-12-20-43-41-42)25(36)13-10-11-17-31-24(35)14-15-26(37)38/h39,42H,10-22H2,1-9H3,(H,31,35)(H,37,38). The number of aliphatic hydroxyl groups is 1. The number of thiol groups is 1. The van der Waals surface area contributed by atoms with Crippen molar-refractivity contribution in [1.82, 2.24) is 15.1 Å². The van der Waals surface area contributed by atoms with Crippen molar-refractivity contribution >= 4 is 48.6 Å². The summed E-state index contributed by atoms with van der Waals surface area (Å²) >= 11 is 4.96. The van der Waals surface area contributed by atoms with E-state index in [1.807, 2.05) is 46.4 Å². The molecule has 0 bridgehead atoms. The number of aliphatic carboxylic acids is 1. The maximum atomic E-state index is 13.8. The molecule has 3 amide bonds. The lowest BCUT2D eigenvalue weighted by atomic mass is 9.72. The van der Waals surface area contributed by atoms with E-state index in [1.165, 1.54) is 19.0 Å². The van der Waals surface area contributed by atoms with Gasteiger partial charge >= 0.3 is 5.97 Å². The number of hydrogen-bond acceptors (Lipinski definition) is 9. The number of nitrogens with one attached hydrogen (secondary N) is 1. The van der Waals surface area contributed by atoms with Crippen LogP contribution in [0.15, 0.2) is 0 Å². The maximum Gasteiger partial charge on any atom is 0.303 e. The minimum Gasteiger partial charge on any atom is -0.481 e. The van der Waals surface area contributed by atoms with Crippen molar-refractivity contribution in [3.05, 3.63) is 0 Å². The van der Waals surface area contributed by atoms with Crippen LogP contribution in [0.3, 0.4) is 0 Å². The van der Waals surface area contributed by atoms with Crippen LogP contribution in [0.5, 0.6) is 0 Å². The molecule has 0 radical (unpaired) electrons. The first-order chi connectivity index (χ1) is 19.7. The van der Waals surface area contributed by atoms with E-state index < -0.39 is 28.1 Å². The number of carboxylic acid groups (broad SMARTS) is 1. The molecule has 0 spiro atoms. The van der Waals surface area contributed by atoms with Crippen LogP contribution in [0, 0.1) is 5.41 Å². The second-order valence-electron chi connectivity index (χ2n) is 13.5. The first kappa shape index (κ1) is 41.5. The zero-order chi connectivity index (χ0) is 33.5. The minimum atomic E-state index is -1.02. The van der Waals surface area contributed by atoms with Gasteiger partial charge in [-0.05, 0) is 80.1 Å². The van der Waals surface area contributed by atoms with E-state index in [-0.39, 0.29) is 37.0 Å². The summed E-state index contributed by atoms with van der Waals surface area (Å²) in [5.41, 5.74) is -2.80. The number of carbonyl (C=O) groups excluding carboxylic acids is 3. The second-order valence-corrected chi connectivity index (χ2v) is 14.7. The number of carboxylic acids is 1. The molecule has 0 aliphatic carbocycles. The van der Waals surface area contributed by atoms with Crippen molar-refractivity contribution in [2.75, 3.05) is 38.6 Å². The van der Waals surface area contributed by atoms with Crippen molar-refractivity contribution in [1.29, 1.82) is 0 Å². The third-order valence-electron chi connectivity index (χ3n) is 7.97. The van der Waals surface area contributed by atoms with E-state index in [0.29, 0.717) is 52.1 Å². The third-order valence-corrected chi connectivity index (χ3v) is 8.85. The Morgan fingerprint density at radius 1 is 0.907 bits per heavy atom. The Morgan fingerprint density at radius 2 is 1.53 bits per heavy atom. The van der Waals surface area contributed by atoms with Crippen LogP contribution >= 0.6 is 25.0 Å². The first-order valence-electron chi connectivity index (χ1n) is 15.0. The summed E-state index contributed by atoms with van der Waals surface area (Å²) < 4.78 is 10.7. The van der Waals surface area contributed by atoms with Crippen LogP contribution in [0.25, 0.3) is 0 Å². The summed E-state index contributed by atoms with van der Waals surface area (Å²) in [6, 6.07) is 0. The van der Waals surface area contributed by atoms with Crippen LogP contribution < -0.4 is 5.32 Å². The molecule has 0 saturated carbocycles. The summed E-state index contributed by atoms with van der Waals surface area (Å²) in [4.78, 5) is 52.7. The van der Waals surface area contributed by atoms with Gasteiger partial charge in [0.1, 0.15) is 0 Å². The molecule has 0 atom stereocenters. The predicted octanol–water partition coefficient (Wildman–Crippen LogP) is 4.48. The fraction of sp³-hybridized carbons (Fsp3) is 0.867. The van der Waals surface area contributed by atoms with Crippen molar-refractivity contribution in [2.45, 2.75) is 124 Å². The van der Waals surface area contributed by atoms with Crippen molar-refractivity contribution in [3.8, 4) is 0 Å². The number of nitrogens with zero attached hydrogens (tertiary/aromatic N) is 2. The van der Waals surface area contributed by atoms with Crippen LogP contribution in [0.1, 0.15) is 107 Å². The van der Waals surface area contributed by atoms with E-state index in [2.05, 4.69) is 18.2 Å². The normalized spacial score (nSPS) is 12.6. The van der Waals surface area contributed by atoms with Crippen LogP contribution in [0.4, 0.5) is 0 Å². The Labute approximate surface area is 269 Å². The highest BCUT2D eigenvalue weighted by molar-refractivity contribution is 8.01. The summed E-state index contributed by atoms with van der Waals surface area (Å²) in [5.74, 6) is -0.772. The molecule has 11 nitrogen and oxygen atoms in total. The first-order valence-corrected chi connectivity index (χ1v) is 16.3. The fourth-order valence-electron chi connectivity index (χ4n) is 4.54. The number of rotatable bonds is 23. The quantitative estimate of drug-likeness (QED) is 0.0714. The molecule has 0 unspecified atom stereocenters. The lowest BCUT2D eigenvalue weighted by molar-refractivity contribution is -0.148. The topological polar surface area (TPSA) is 146 Å². The molecule has 3 N–H and O–H groups in total. The average Bonchev–Trinajstić information content (AvgIpc) is 2.86. The summed E-state index contributed by atoms with van der Waals surface area (Å²) in [5, 5.41) is 21.8. The highest BCUT2D eigenvalue weighted by Gasteiger charge is 2.46. The monoisotopic (exact) mass is 651 g/mol. The zero-order valence-electron chi connectivity index (χ0n) is 27.8. The van der Waals surface area contributed by atoms with Gasteiger partial charge in [-0.2, -0.15) is 0 Å². The maximum absolute atomic E-state index is 13.8. The van der Waals surface area contributed by atoms with Crippen molar-refractivity contribution in [2.24, 2.45) is 5.41 Å². The number of unbranched alkanes of at least 4 members (excludes halogenated alkanes) is 1. The van der Waals surface area contributed by atoms with Gasteiger partial charge in [0.25, 0.3) is 0 Å². The molecule has 0 aliphatic heterocycles. The number of amides is 3. The number of ether oxygens (including phenoxy) is 1. The van der Waals surface area contributed by atoms with E-state index in [9.17, 15) is 24.3 Å². The van der Waals surface area contributed by atoms with Crippen molar-refractivity contribution in [3.63, 3.8) is 0 Å². The van der Waals surface area contributed by atoms with Crippen LogP contribution in [0.2, 0.25) is 0 Å². The molecule has 13 heteroatoms. The van der Waals surface area contributed by atoms with Crippen LogP contribution in [-0.2, 0) is 27.5 Å². The Bertz CT molecular complexity index is 891. The minimum absolute atomic E-state index is 0.0559. The van der Waals surface area contributed by atoms with Gasteiger partial charge in [0.05, 0.1) is 24.2 Å². The van der Waals surface area contributed by atoms with Gasteiger partial charge in [0, 0.05) is 74.8 Å². The highest BCUT2D eigenvalue weighted by Crippen LogP contribution is 2.39. The summed E-state index contributed by atoms with van der Waals surface area (Å²) in [7, 11) is 0. The zero-order valence-corrected chi connectivity index (χ0v) is 29.5. The number of hydrogen-bond donors (Lipinski definition) is 4. The van der Waals surface area contributed by atoms with E-state index in [0.717, 1.165) is 12.2 Å². The lowest BCUT2D eigenvalue weighted by Gasteiger charge is -2.53. The Hall–Kier alpha value is -1.54. The molecule has 0 aromatic carbocycles. The molecular weight excluding hydrogens is 594 g/mol. The summed E-state index contributed by atoms with van der Waals surface area (Å²) in [6.07, 6.45) is 2.26. The molecule has 252 valence electrons. The second kappa shape index (κ2) is 19.1. The highest BCUT2D eigenvalue weighted by atomic mass is 32.2. The molecule has 0 heterocycles. The van der Waals surface area contributed by atoms with Gasteiger partial charge in [-0.25, -0.2) is 0 Å². The SMILES string of the molecule is CC(=O)N(CCC(C)(C)O)C(C)(C)C(C)(C)CN(C(=O)CCCCNC(=O)CCC(=O)O)C(C)(C)COCCCSOS. The van der Waals surface area contributed by atoms with Gasteiger partial charge in [-0.3, -0.25) is 22.8 Å². The molecule has 0 aromatic heterocycles. The average molecular weight is 652 g/mol. The Morgan fingerprint density at radius 3 is 2.07 bits per heavy atom. The Balaban J connectivity index is 5.72. The van der Waals surface area contributed by atoms with E-state index in [1.54, 1.807) is 18.7 Å². The fourth-order valence-corrected chi connectivity index (χ4v) is 5.07. The molecular formula is C30H57N3O8S2. The van der Waals surface area contributed by atoms with E-state index >= 15 is 0 Å². The van der Waals surface area contributed by atoms with Crippen molar-refractivity contribution < 1.29 is 37.8 Å². The molecule has 0 rings (SSSR count). The van der Waals surface area contributed by atoms with Gasteiger partial charge in [0.2, 0.25) is 17.7 Å². The number of carbonyl (C=O) groups is 4. The van der Waals surface area contributed by atoms with Gasteiger partial charge < -0.3 is 30.1 Å².